The lowest BCUT2D eigenvalue weighted by molar-refractivity contribution is 0.727. The zero-order chi connectivity index (χ0) is 13.2. The Labute approximate surface area is 115 Å². The number of benzene rings is 1. The van der Waals surface area contributed by atoms with E-state index in [2.05, 4.69) is 34.7 Å². The predicted octanol–water partition coefficient (Wildman–Crippen LogP) is 2.85. The normalized spacial score (nSPS) is 11.4. The Hall–Kier alpha value is -1.22. The van der Waals surface area contributed by atoms with Crippen molar-refractivity contribution < 1.29 is 0 Å². The summed E-state index contributed by atoms with van der Waals surface area (Å²) in [5.74, 6) is 0.873. The fourth-order valence-electron chi connectivity index (χ4n) is 1.58. The molecule has 0 radical (unpaired) electrons. The summed E-state index contributed by atoms with van der Waals surface area (Å²) in [5.41, 5.74) is 1.27. The topological polar surface area (TPSA) is 36.4 Å². The van der Waals surface area contributed by atoms with E-state index in [0.29, 0.717) is 0 Å². The minimum atomic E-state index is 0.781. The van der Waals surface area contributed by atoms with Gasteiger partial charge in [-0.05, 0) is 30.5 Å². The van der Waals surface area contributed by atoms with Gasteiger partial charge in [0.25, 0.3) is 0 Å². The summed E-state index contributed by atoms with van der Waals surface area (Å²) in [6.45, 7) is 4.02. The smallest absolute Gasteiger partial charge is 0.190 e. The fraction of sp³-hybridized carbons (Fsp3) is 0.500. The van der Waals surface area contributed by atoms with Crippen molar-refractivity contribution in [2.75, 3.05) is 20.1 Å². The van der Waals surface area contributed by atoms with Crippen molar-refractivity contribution in [3.63, 3.8) is 0 Å². The molecule has 0 unspecified atom stereocenters. The highest BCUT2D eigenvalue weighted by Gasteiger charge is 1.97. The maximum absolute atomic E-state index is 5.84. The van der Waals surface area contributed by atoms with Crippen LogP contribution in [-0.4, -0.2) is 26.1 Å². The standard InChI is InChI=1S/C14H22ClN3/c1-3-4-10-17-14(16-2)18-11-9-12-5-7-13(15)8-6-12/h5-8H,3-4,9-11H2,1-2H3,(H2,16,17,18). The maximum Gasteiger partial charge on any atom is 0.190 e. The summed E-state index contributed by atoms with van der Waals surface area (Å²) in [6, 6.07) is 7.95. The third-order valence-electron chi connectivity index (χ3n) is 2.67. The van der Waals surface area contributed by atoms with Gasteiger partial charge in [0.1, 0.15) is 0 Å². The van der Waals surface area contributed by atoms with E-state index in [9.17, 15) is 0 Å². The van der Waals surface area contributed by atoms with Crippen molar-refractivity contribution >= 4 is 17.6 Å². The minimum absolute atomic E-state index is 0.781. The molecule has 0 aliphatic carbocycles. The van der Waals surface area contributed by atoms with Crippen LogP contribution in [0.1, 0.15) is 25.3 Å². The zero-order valence-electron chi connectivity index (χ0n) is 11.2. The lowest BCUT2D eigenvalue weighted by Crippen LogP contribution is -2.38. The number of nitrogens with zero attached hydrogens (tertiary/aromatic N) is 1. The van der Waals surface area contributed by atoms with Gasteiger partial charge in [0.2, 0.25) is 0 Å². The summed E-state index contributed by atoms with van der Waals surface area (Å²) in [5, 5.41) is 7.36. The van der Waals surface area contributed by atoms with E-state index in [1.807, 2.05) is 12.1 Å². The molecule has 0 saturated heterocycles. The maximum atomic E-state index is 5.84. The molecule has 0 bridgehead atoms. The van der Waals surface area contributed by atoms with Crippen molar-refractivity contribution in [1.29, 1.82) is 0 Å². The van der Waals surface area contributed by atoms with Gasteiger partial charge in [-0.2, -0.15) is 0 Å². The number of rotatable bonds is 6. The molecule has 2 N–H and O–H groups in total. The van der Waals surface area contributed by atoms with Crippen LogP contribution in [0.4, 0.5) is 0 Å². The molecular formula is C14H22ClN3. The van der Waals surface area contributed by atoms with Crippen molar-refractivity contribution in [2.45, 2.75) is 26.2 Å². The molecule has 0 aliphatic rings. The number of aliphatic imine (C=N–C) groups is 1. The van der Waals surface area contributed by atoms with Crippen molar-refractivity contribution in [3.05, 3.63) is 34.9 Å². The second kappa shape index (κ2) is 8.81. The van der Waals surface area contributed by atoms with E-state index in [-0.39, 0.29) is 0 Å². The first kappa shape index (κ1) is 14.8. The SMILES string of the molecule is CCCCNC(=NC)NCCc1ccc(Cl)cc1. The second-order valence-corrected chi connectivity index (χ2v) is 4.59. The quantitative estimate of drug-likeness (QED) is 0.472. The van der Waals surface area contributed by atoms with Crippen molar-refractivity contribution in [1.82, 2.24) is 10.6 Å². The van der Waals surface area contributed by atoms with Gasteiger partial charge >= 0.3 is 0 Å². The van der Waals surface area contributed by atoms with E-state index in [1.54, 1.807) is 7.05 Å². The Balaban J connectivity index is 2.25. The molecule has 0 heterocycles. The van der Waals surface area contributed by atoms with Crippen LogP contribution >= 0.6 is 11.6 Å². The molecule has 3 nitrogen and oxygen atoms in total. The molecule has 4 heteroatoms. The lowest BCUT2D eigenvalue weighted by atomic mass is 10.1. The Morgan fingerprint density at radius 3 is 2.44 bits per heavy atom. The number of unbranched alkanes of at least 4 members (excludes halogenated alkanes) is 1. The highest BCUT2D eigenvalue weighted by molar-refractivity contribution is 6.30. The van der Waals surface area contributed by atoms with Crippen LogP contribution in [0.3, 0.4) is 0 Å². The average molecular weight is 268 g/mol. The van der Waals surface area contributed by atoms with E-state index in [1.165, 1.54) is 12.0 Å². The molecule has 0 atom stereocenters. The van der Waals surface area contributed by atoms with Crippen LogP contribution < -0.4 is 10.6 Å². The number of hydrogen-bond acceptors (Lipinski definition) is 1. The van der Waals surface area contributed by atoms with Gasteiger partial charge in [-0.3, -0.25) is 4.99 Å². The summed E-state index contributed by atoms with van der Waals surface area (Å²) >= 11 is 5.84. The van der Waals surface area contributed by atoms with Gasteiger partial charge in [-0.15, -0.1) is 0 Å². The molecule has 18 heavy (non-hydrogen) atoms. The number of halogens is 1. The van der Waals surface area contributed by atoms with E-state index in [0.717, 1.165) is 36.9 Å². The first-order chi connectivity index (χ1) is 8.76. The molecule has 0 aliphatic heterocycles. The Morgan fingerprint density at radius 2 is 1.83 bits per heavy atom. The summed E-state index contributed by atoms with van der Waals surface area (Å²) < 4.78 is 0. The monoisotopic (exact) mass is 267 g/mol. The molecule has 1 rings (SSSR count). The molecule has 100 valence electrons. The van der Waals surface area contributed by atoms with E-state index in [4.69, 9.17) is 11.6 Å². The first-order valence-electron chi connectivity index (χ1n) is 6.45. The van der Waals surface area contributed by atoms with Gasteiger partial charge in [-0.25, -0.2) is 0 Å². The van der Waals surface area contributed by atoms with E-state index < -0.39 is 0 Å². The third kappa shape index (κ3) is 5.92. The Kier molecular flexibility index (Phi) is 7.26. The molecule has 0 amide bonds. The zero-order valence-corrected chi connectivity index (χ0v) is 11.9. The molecule has 1 aromatic carbocycles. The van der Waals surface area contributed by atoms with Crippen LogP contribution in [-0.2, 0) is 6.42 Å². The Morgan fingerprint density at radius 1 is 1.17 bits per heavy atom. The van der Waals surface area contributed by atoms with Gasteiger partial charge in [0.05, 0.1) is 0 Å². The molecule has 0 fully saturated rings. The largest absolute Gasteiger partial charge is 0.356 e. The highest BCUT2D eigenvalue weighted by Crippen LogP contribution is 2.09. The van der Waals surface area contributed by atoms with Crippen LogP contribution in [0.2, 0.25) is 5.02 Å². The molecule has 0 aromatic heterocycles. The molecule has 0 spiro atoms. The molecular weight excluding hydrogens is 246 g/mol. The minimum Gasteiger partial charge on any atom is -0.356 e. The predicted molar refractivity (Wildman–Crippen MR) is 79.4 cm³/mol. The van der Waals surface area contributed by atoms with Crippen LogP contribution in [0.15, 0.2) is 29.3 Å². The first-order valence-corrected chi connectivity index (χ1v) is 6.83. The number of hydrogen-bond donors (Lipinski definition) is 2. The number of nitrogens with one attached hydrogen (secondary N) is 2. The highest BCUT2D eigenvalue weighted by atomic mass is 35.5. The fourth-order valence-corrected chi connectivity index (χ4v) is 1.71. The second-order valence-electron chi connectivity index (χ2n) is 4.16. The molecule has 0 saturated carbocycles. The number of guanidine groups is 1. The van der Waals surface area contributed by atoms with Crippen molar-refractivity contribution in [2.24, 2.45) is 4.99 Å². The average Bonchev–Trinajstić information content (AvgIpc) is 2.39. The summed E-state index contributed by atoms with van der Waals surface area (Å²) in [6.07, 6.45) is 3.32. The van der Waals surface area contributed by atoms with Crippen LogP contribution in [0, 0.1) is 0 Å². The van der Waals surface area contributed by atoms with Gasteiger partial charge in [0, 0.05) is 25.2 Å². The third-order valence-corrected chi connectivity index (χ3v) is 2.92. The van der Waals surface area contributed by atoms with E-state index >= 15 is 0 Å². The van der Waals surface area contributed by atoms with Crippen molar-refractivity contribution in [3.8, 4) is 0 Å². The van der Waals surface area contributed by atoms with Crippen LogP contribution in [0.5, 0.6) is 0 Å². The van der Waals surface area contributed by atoms with Crippen LogP contribution in [0.25, 0.3) is 0 Å². The van der Waals surface area contributed by atoms with Gasteiger partial charge in [-0.1, -0.05) is 37.1 Å². The summed E-state index contributed by atoms with van der Waals surface area (Å²) in [4.78, 5) is 4.18. The lowest BCUT2D eigenvalue weighted by Gasteiger charge is -2.11. The van der Waals surface area contributed by atoms with Gasteiger partial charge in [0.15, 0.2) is 5.96 Å². The molecule has 1 aromatic rings. The Bertz CT molecular complexity index is 360. The van der Waals surface area contributed by atoms with Gasteiger partial charge < -0.3 is 10.6 Å². The summed E-state index contributed by atoms with van der Waals surface area (Å²) in [7, 11) is 1.80.